The Hall–Kier alpha value is 0.310. The first-order valence-electron chi connectivity index (χ1n) is 4.88. The van der Waals surface area contributed by atoms with E-state index in [0.717, 1.165) is 18.1 Å². The molecule has 3 fully saturated rings. The number of hydrogen-bond acceptors (Lipinski definition) is 3. The third-order valence-corrected chi connectivity index (χ3v) is 1.84. The minimum Gasteiger partial charge on any atom is -0.311 e. The fraction of sp³-hybridized carbons (Fsp3) is 1.00. The lowest BCUT2D eigenvalue weighted by Gasteiger charge is -1.53. The SMILES string of the molecule is CC1CN1.CC1CN1.CC1CN1.[P]. The molecule has 3 unspecified atom stereocenters. The van der Waals surface area contributed by atoms with Crippen LogP contribution in [0.5, 0.6) is 0 Å². The summed E-state index contributed by atoms with van der Waals surface area (Å²) in [6.45, 7) is 10.2. The Morgan fingerprint density at radius 1 is 0.692 bits per heavy atom. The van der Waals surface area contributed by atoms with Crippen molar-refractivity contribution in [2.75, 3.05) is 19.6 Å². The van der Waals surface area contributed by atoms with Gasteiger partial charge in [0.2, 0.25) is 0 Å². The maximum absolute atomic E-state index is 3.10. The summed E-state index contributed by atoms with van der Waals surface area (Å²) in [5.74, 6) is 0. The molecule has 0 amide bonds. The van der Waals surface area contributed by atoms with Crippen LogP contribution in [0, 0.1) is 0 Å². The molecule has 0 aromatic carbocycles. The van der Waals surface area contributed by atoms with Gasteiger partial charge in [-0.1, -0.05) is 0 Å². The van der Waals surface area contributed by atoms with E-state index in [2.05, 4.69) is 36.7 Å². The predicted octanol–water partition coefficient (Wildman–Crippen LogP) is 0.796. The zero-order valence-electron chi connectivity index (χ0n) is 8.80. The molecule has 3 aliphatic heterocycles. The van der Waals surface area contributed by atoms with Crippen molar-refractivity contribution in [2.24, 2.45) is 0 Å². The normalized spacial score (nSPS) is 36.7. The quantitative estimate of drug-likeness (QED) is 0.402. The van der Waals surface area contributed by atoms with Crippen LogP contribution in [0.15, 0.2) is 0 Å². The van der Waals surface area contributed by atoms with E-state index >= 15 is 0 Å². The van der Waals surface area contributed by atoms with Gasteiger partial charge in [0.25, 0.3) is 0 Å². The highest BCUT2D eigenvalue weighted by Crippen LogP contribution is 1.89. The van der Waals surface area contributed by atoms with Crippen LogP contribution >= 0.6 is 9.90 Å². The summed E-state index contributed by atoms with van der Waals surface area (Å²) in [6.07, 6.45) is 0. The van der Waals surface area contributed by atoms with Gasteiger partial charge in [-0.3, -0.25) is 0 Å². The van der Waals surface area contributed by atoms with Crippen molar-refractivity contribution in [3.63, 3.8) is 0 Å². The van der Waals surface area contributed by atoms with E-state index in [0.29, 0.717) is 0 Å². The van der Waals surface area contributed by atoms with Crippen molar-refractivity contribution in [3.8, 4) is 0 Å². The van der Waals surface area contributed by atoms with Crippen LogP contribution < -0.4 is 16.0 Å². The maximum Gasteiger partial charge on any atom is 0.0164 e. The second kappa shape index (κ2) is 6.72. The van der Waals surface area contributed by atoms with Gasteiger partial charge in [-0.25, -0.2) is 0 Å². The molecule has 3 atom stereocenters. The van der Waals surface area contributed by atoms with Gasteiger partial charge >= 0.3 is 0 Å². The zero-order chi connectivity index (χ0) is 8.97. The van der Waals surface area contributed by atoms with E-state index in [1.54, 1.807) is 0 Å². The lowest BCUT2D eigenvalue weighted by Crippen LogP contribution is -1.72. The fourth-order valence-electron chi connectivity index (χ4n) is 0.354. The first kappa shape index (κ1) is 13.3. The van der Waals surface area contributed by atoms with Crippen molar-refractivity contribution in [3.05, 3.63) is 0 Å². The minimum atomic E-state index is 0. The molecule has 3 saturated heterocycles. The molecule has 3 radical (unpaired) electrons. The molecule has 3 aliphatic rings. The molecule has 0 saturated carbocycles. The van der Waals surface area contributed by atoms with Crippen molar-refractivity contribution in [2.45, 2.75) is 38.9 Å². The van der Waals surface area contributed by atoms with Gasteiger partial charge < -0.3 is 16.0 Å². The van der Waals surface area contributed by atoms with Crippen molar-refractivity contribution in [1.29, 1.82) is 0 Å². The summed E-state index contributed by atoms with van der Waals surface area (Å²) in [7, 11) is 0. The Labute approximate surface area is 85.1 Å². The van der Waals surface area contributed by atoms with Crippen LogP contribution in [0.2, 0.25) is 0 Å². The van der Waals surface area contributed by atoms with Crippen LogP contribution in [-0.2, 0) is 0 Å². The van der Waals surface area contributed by atoms with E-state index in [4.69, 9.17) is 0 Å². The Kier molecular flexibility index (Phi) is 6.88. The van der Waals surface area contributed by atoms with E-state index in [1.165, 1.54) is 19.6 Å². The van der Waals surface area contributed by atoms with Crippen LogP contribution in [0.25, 0.3) is 0 Å². The molecule has 3 nitrogen and oxygen atoms in total. The second-order valence-electron chi connectivity index (χ2n) is 3.93. The Balaban J connectivity index is 0.000000160. The smallest absolute Gasteiger partial charge is 0.0164 e. The predicted molar refractivity (Wildman–Crippen MR) is 59.3 cm³/mol. The molecule has 0 aliphatic carbocycles. The van der Waals surface area contributed by atoms with Gasteiger partial charge in [-0.05, 0) is 20.8 Å². The molecule has 13 heavy (non-hydrogen) atoms. The summed E-state index contributed by atoms with van der Waals surface area (Å²) >= 11 is 0. The highest BCUT2D eigenvalue weighted by Gasteiger charge is 2.10. The Bertz CT molecular complexity index is 96.3. The molecule has 3 heterocycles. The molecule has 0 bridgehead atoms. The van der Waals surface area contributed by atoms with E-state index in [9.17, 15) is 0 Å². The van der Waals surface area contributed by atoms with Gasteiger partial charge in [0.15, 0.2) is 0 Å². The third kappa shape index (κ3) is 15.1. The average Bonchev–Trinajstić information content (AvgIpc) is 2.63. The first-order chi connectivity index (χ1) is 5.68. The summed E-state index contributed by atoms with van der Waals surface area (Å²) in [5.41, 5.74) is 0. The monoisotopic (exact) mass is 202 g/mol. The first-order valence-corrected chi connectivity index (χ1v) is 4.88. The number of hydrogen-bond donors (Lipinski definition) is 3. The van der Waals surface area contributed by atoms with Crippen LogP contribution in [0.1, 0.15) is 20.8 Å². The molecule has 77 valence electrons. The second-order valence-corrected chi connectivity index (χ2v) is 3.93. The minimum absolute atomic E-state index is 0. The fourth-order valence-corrected chi connectivity index (χ4v) is 0.354. The highest BCUT2D eigenvalue weighted by molar-refractivity contribution is 6.92. The van der Waals surface area contributed by atoms with Crippen molar-refractivity contribution < 1.29 is 0 Å². The Morgan fingerprint density at radius 2 is 0.769 bits per heavy atom. The summed E-state index contributed by atoms with van der Waals surface area (Å²) in [4.78, 5) is 0. The lowest BCUT2D eigenvalue weighted by atomic mass is 10.6. The molecule has 4 heteroatoms. The van der Waals surface area contributed by atoms with Crippen molar-refractivity contribution in [1.82, 2.24) is 16.0 Å². The molecule has 0 spiro atoms. The van der Waals surface area contributed by atoms with Gasteiger partial charge in [-0.2, -0.15) is 0 Å². The molecule has 0 aromatic heterocycles. The van der Waals surface area contributed by atoms with E-state index in [1.807, 2.05) is 0 Å². The largest absolute Gasteiger partial charge is 0.311 e. The number of nitrogens with one attached hydrogen (secondary N) is 3. The highest BCUT2D eigenvalue weighted by atomic mass is 31.0. The third-order valence-electron chi connectivity index (χ3n) is 1.84. The topological polar surface area (TPSA) is 65.8 Å². The molecule has 3 N–H and O–H groups in total. The average molecular weight is 202 g/mol. The summed E-state index contributed by atoms with van der Waals surface area (Å²) < 4.78 is 0. The van der Waals surface area contributed by atoms with Crippen LogP contribution in [-0.4, -0.2) is 37.8 Å². The summed E-state index contributed by atoms with van der Waals surface area (Å²) in [6, 6.07) is 2.50. The molecular weight excluding hydrogens is 181 g/mol. The molecular formula is C9H21N3P. The standard InChI is InChI=1S/3C3H7N.P/c3*1-3-2-4-3;/h3*3-4H,2H2,1H3;. The molecule has 0 aromatic rings. The Morgan fingerprint density at radius 3 is 0.769 bits per heavy atom. The number of rotatable bonds is 0. The summed E-state index contributed by atoms with van der Waals surface area (Å²) in [5, 5.41) is 9.29. The molecule has 3 rings (SSSR count). The van der Waals surface area contributed by atoms with Gasteiger partial charge in [-0.15, -0.1) is 0 Å². The van der Waals surface area contributed by atoms with Gasteiger partial charge in [0, 0.05) is 47.7 Å². The maximum atomic E-state index is 3.10. The van der Waals surface area contributed by atoms with Gasteiger partial charge in [0.1, 0.15) is 0 Å². The lowest BCUT2D eigenvalue weighted by molar-refractivity contribution is 1.09. The van der Waals surface area contributed by atoms with E-state index < -0.39 is 0 Å². The van der Waals surface area contributed by atoms with Crippen molar-refractivity contribution >= 4 is 9.90 Å². The van der Waals surface area contributed by atoms with Crippen LogP contribution in [0.3, 0.4) is 0 Å². The van der Waals surface area contributed by atoms with Crippen LogP contribution in [0.4, 0.5) is 0 Å². The zero-order valence-corrected chi connectivity index (χ0v) is 9.70. The van der Waals surface area contributed by atoms with E-state index in [-0.39, 0.29) is 9.90 Å². The van der Waals surface area contributed by atoms with Gasteiger partial charge in [0.05, 0.1) is 0 Å².